The van der Waals surface area contributed by atoms with E-state index in [1.54, 1.807) is 12.1 Å². The lowest BCUT2D eigenvalue weighted by molar-refractivity contribution is 0.0997. The number of benzene rings is 1. The maximum Gasteiger partial charge on any atom is 0.177 e. The molecule has 0 aliphatic rings. The zero-order valence-corrected chi connectivity index (χ0v) is 11.4. The zero-order chi connectivity index (χ0) is 11.5. The van der Waals surface area contributed by atoms with E-state index in [1.807, 2.05) is 23.6 Å². The average Bonchev–Trinajstić information content (AvgIpc) is 2.68. The molecule has 0 atom stereocenters. The molecule has 0 amide bonds. The van der Waals surface area contributed by atoms with Crippen molar-refractivity contribution in [3.05, 3.63) is 55.6 Å². The Morgan fingerprint density at radius 2 is 2.00 bits per heavy atom. The van der Waals surface area contributed by atoms with Crippen molar-refractivity contribution in [3.63, 3.8) is 0 Å². The van der Waals surface area contributed by atoms with Crippen molar-refractivity contribution in [3.8, 4) is 0 Å². The summed E-state index contributed by atoms with van der Waals surface area (Å²) in [5.74, 6) is 0.137. The van der Waals surface area contributed by atoms with Gasteiger partial charge in [0.1, 0.15) is 0 Å². The lowest BCUT2D eigenvalue weighted by Gasteiger charge is -1.99. The summed E-state index contributed by atoms with van der Waals surface area (Å²) in [5, 5.41) is 2.60. The van der Waals surface area contributed by atoms with Gasteiger partial charge in [-0.15, -0.1) is 11.3 Å². The van der Waals surface area contributed by atoms with Crippen LogP contribution in [-0.2, 0) is 6.42 Å². The van der Waals surface area contributed by atoms with Crippen molar-refractivity contribution in [2.75, 3.05) is 0 Å². The predicted octanol–water partition coefficient (Wildman–Crippen LogP) is 4.59. The number of hydrogen-bond acceptors (Lipinski definition) is 2. The highest BCUT2D eigenvalue weighted by atomic mass is 79.9. The molecule has 1 nitrogen and oxygen atoms in total. The summed E-state index contributed by atoms with van der Waals surface area (Å²) < 4.78 is 0.956. The lowest BCUT2D eigenvalue weighted by atomic mass is 10.1. The van der Waals surface area contributed by atoms with E-state index in [2.05, 4.69) is 15.9 Å². The van der Waals surface area contributed by atoms with Gasteiger partial charge in [-0.1, -0.05) is 23.7 Å². The topological polar surface area (TPSA) is 17.1 Å². The van der Waals surface area contributed by atoms with Gasteiger partial charge in [0.2, 0.25) is 0 Å². The van der Waals surface area contributed by atoms with Gasteiger partial charge in [-0.3, -0.25) is 4.79 Å². The minimum Gasteiger partial charge on any atom is -0.293 e. The van der Waals surface area contributed by atoms with E-state index >= 15 is 0 Å². The second-order valence-corrected chi connectivity index (χ2v) is 5.62. The van der Waals surface area contributed by atoms with Crippen molar-refractivity contribution in [2.45, 2.75) is 6.42 Å². The number of carbonyl (C=O) groups is 1. The van der Waals surface area contributed by atoms with Gasteiger partial charge < -0.3 is 0 Å². The summed E-state index contributed by atoms with van der Waals surface area (Å²) in [4.78, 5) is 12.6. The molecule has 82 valence electrons. The lowest BCUT2D eigenvalue weighted by Crippen LogP contribution is -2.00. The minimum atomic E-state index is 0.137. The van der Waals surface area contributed by atoms with Gasteiger partial charge in [-0.2, -0.15) is 0 Å². The number of thiophene rings is 1. The Balaban J connectivity index is 2.10. The zero-order valence-electron chi connectivity index (χ0n) is 8.24. The third kappa shape index (κ3) is 2.94. The number of hydrogen-bond donors (Lipinski definition) is 0. The van der Waals surface area contributed by atoms with Crippen LogP contribution >= 0.6 is 38.9 Å². The van der Waals surface area contributed by atoms with Gasteiger partial charge in [0.05, 0.1) is 4.88 Å². The monoisotopic (exact) mass is 314 g/mol. The molecule has 0 aliphatic heterocycles. The van der Waals surface area contributed by atoms with Gasteiger partial charge in [-0.05, 0) is 39.7 Å². The summed E-state index contributed by atoms with van der Waals surface area (Å²) in [7, 11) is 0. The summed E-state index contributed by atoms with van der Waals surface area (Å²) >= 11 is 10.6. The molecule has 0 N–H and O–H groups in total. The summed E-state index contributed by atoms with van der Waals surface area (Å²) in [6, 6.07) is 9.21. The second-order valence-electron chi connectivity index (χ2n) is 3.36. The predicted molar refractivity (Wildman–Crippen MR) is 71.5 cm³/mol. The van der Waals surface area contributed by atoms with Crippen molar-refractivity contribution in [2.24, 2.45) is 0 Å². The molecule has 0 aliphatic carbocycles. The number of Topliss-reactive ketones (excluding diaryl/α,β-unsaturated/α-hetero) is 1. The highest BCUT2D eigenvalue weighted by molar-refractivity contribution is 9.10. The fraction of sp³-hybridized carbons (Fsp3) is 0.0833. The highest BCUT2D eigenvalue weighted by Crippen LogP contribution is 2.21. The molecule has 0 saturated carbocycles. The molecule has 16 heavy (non-hydrogen) atoms. The van der Waals surface area contributed by atoms with Gasteiger partial charge in [0, 0.05) is 21.3 Å². The van der Waals surface area contributed by atoms with Gasteiger partial charge in [0.15, 0.2) is 5.78 Å². The first kappa shape index (κ1) is 11.8. The molecule has 0 bridgehead atoms. The molecule has 1 aromatic heterocycles. The van der Waals surface area contributed by atoms with Crippen molar-refractivity contribution in [1.29, 1.82) is 0 Å². The molecule has 2 aromatic rings. The fourth-order valence-corrected chi connectivity index (χ4v) is 2.83. The van der Waals surface area contributed by atoms with Crippen LogP contribution in [0.2, 0.25) is 5.02 Å². The SMILES string of the molecule is O=C(Cc1ccc(Cl)cc1)c1cc(Br)cs1. The molecule has 2 rings (SSSR count). The molecular weight excluding hydrogens is 308 g/mol. The van der Waals surface area contributed by atoms with E-state index in [9.17, 15) is 4.79 Å². The first-order valence-corrected chi connectivity index (χ1v) is 6.72. The Labute approximate surface area is 111 Å². The van der Waals surface area contributed by atoms with Gasteiger partial charge in [-0.25, -0.2) is 0 Å². The Morgan fingerprint density at radius 3 is 2.56 bits per heavy atom. The third-order valence-corrected chi connectivity index (χ3v) is 4.10. The molecule has 1 heterocycles. The Hall–Kier alpha value is -0.640. The standard InChI is InChI=1S/C12H8BrClOS/c13-9-6-12(16-7-9)11(15)5-8-1-3-10(14)4-2-8/h1-4,6-7H,5H2. The summed E-state index contributed by atoms with van der Waals surface area (Å²) in [6.45, 7) is 0. The molecule has 1 aromatic carbocycles. The Bertz CT molecular complexity index is 504. The molecule has 0 spiro atoms. The Morgan fingerprint density at radius 1 is 1.31 bits per heavy atom. The number of ketones is 1. The van der Waals surface area contributed by atoms with E-state index in [-0.39, 0.29) is 5.78 Å². The van der Waals surface area contributed by atoms with Gasteiger partial charge >= 0.3 is 0 Å². The first-order valence-electron chi connectivity index (χ1n) is 4.67. The van der Waals surface area contributed by atoms with Crippen molar-refractivity contribution < 1.29 is 4.79 Å². The van der Waals surface area contributed by atoms with E-state index in [0.717, 1.165) is 14.9 Å². The smallest absolute Gasteiger partial charge is 0.177 e. The maximum absolute atomic E-state index is 11.9. The molecule has 0 fully saturated rings. The highest BCUT2D eigenvalue weighted by Gasteiger charge is 2.09. The van der Waals surface area contributed by atoms with Crippen LogP contribution in [0.3, 0.4) is 0 Å². The fourth-order valence-electron chi connectivity index (χ4n) is 1.33. The molecule has 0 radical (unpaired) electrons. The largest absolute Gasteiger partial charge is 0.293 e. The van der Waals surface area contributed by atoms with Crippen molar-refractivity contribution >= 4 is 44.7 Å². The third-order valence-electron chi connectivity index (χ3n) is 2.12. The van der Waals surface area contributed by atoms with E-state index in [0.29, 0.717) is 11.4 Å². The molecule has 4 heteroatoms. The van der Waals surface area contributed by atoms with Crippen LogP contribution in [0.15, 0.2) is 40.2 Å². The average molecular weight is 316 g/mol. The van der Waals surface area contributed by atoms with Crippen molar-refractivity contribution in [1.82, 2.24) is 0 Å². The molecule has 0 unspecified atom stereocenters. The van der Waals surface area contributed by atoms with E-state index in [1.165, 1.54) is 11.3 Å². The van der Waals surface area contributed by atoms with Crippen LogP contribution < -0.4 is 0 Å². The van der Waals surface area contributed by atoms with Crippen LogP contribution in [0.5, 0.6) is 0 Å². The van der Waals surface area contributed by atoms with Gasteiger partial charge in [0.25, 0.3) is 0 Å². The van der Waals surface area contributed by atoms with Crippen LogP contribution in [0.25, 0.3) is 0 Å². The number of carbonyl (C=O) groups excluding carboxylic acids is 1. The van der Waals surface area contributed by atoms with Crippen LogP contribution in [-0.4, -0.2) is 5.78 Å². The number of halogens is 2. The molecular formula is C12H8BrClOS. The van der Waals surface area contributed by atoms with Crippen LogP contribution in [0.1, 0.15) is 15.2 Å². The summed E-state index contributed by atoms with van der Waals surface area (Å²) in [6.07, 6.45) is 0.421. The summed E-state index contributed by atoms with van der Waals surface area (Å²) in [5.41, 5.74) is 0.985. The van der Waals surface area contributed by atoms with E-state index < -0.39 is 0 Å². The van der Waals surface area contributed by atoms with Crippen LogP contribution in [0.4, 0.5) is 0 Å². The molecule has 0 saturated heterocycles. The first-order chi connectivity index (χ1) is 7.65. The normalized spacial score (nSPS) is 10.4. The maximum atomic E-state index is 11.9. The van der Waals surface area contributed by atoms with E-state index in [4.69, 9.17) is 11.6 Å². The number of rotatable bonds is 3. The minimum absolute atomic E-state index is 0.137. The second kappa shape index (κ2) is 5.13. The van der Waals surface area contributed by atoms with Crippen LogP contribution in [0, 0.1) is 0 Å². The Kier molecular flexibility index (Phi) is 3.79. The quantitative estimate of drug-likeness (QED) is 0.757.